The molecule has 0 N–H and O–H groups in total. The summed E-state index contributed by atoms with van der Waals surface area (Å²) in [6, 6.07) is 17.1. The Kier molecular flexibility index (Phi) is 6.36. The number of ether oxygens (including phenoxy) is 2. The van der Waals surface area contributed by atoms with Crippen LogP contribution in [-0.2, 0) is 12.2 Å². The Hall–Kier alpha value is -2.24. The van der Waals surface area contributed by atoms with Crippen molar-refractivity contribution in [2.75, 3.05) is 7.11 Å². The summed E-state index contributed by atoms with van der Waals surface area (Å²) < 4.78 is 11.3. The molecule has 3 rings (SSSR count). The number of methoxy groups -OCH3 is 1. The van der Waals surface area contributed by atoms with Gasteiger partial charge in [-0.25, -0.2) is 4.98 Å². The van der Waals surface area contributed by atoms with Crippen molar-refractivity contribution in [3.8, 4) is 17.4 Å². The minimum Gasteiger partial charge on any atom is -0.493 e. The SMILES string of the molecule is CCc1cc(Oc2ccccc2OC)nc(SCc2ccccc2Cl)n1. The van der Waals surface area contributed by atoms with Crippen LogP contribution in [0.25, 0.3) is 0 Å². The minimum absolute atomic E-state index is 0.503. The molecule has 2 aromatic carbocycles. The van der Waals surface area contributed by atoms with Crippen molar-refractivity contribution in [2.24, 2.45) is 0 Å². The molecule has 0 aliphatic rings. The van der Waals surface area contributed by atoms with Crippen molar-refractivity contribution in [3.63, 3.8) is 0 Å². The van der Waals surface area contributed by atoms with E-state index in [2.05, 4.69) is 16.9 Å². The molecule has 4 nitrogen and oxygen atoms in total. The van der Waals surface area contributed by atoms with E-state index < -0.39 is 0 Å². The molecule has 1 heterocycles. The summed E-state index contributed by atoms with van der Waals surface area (Å²) in [5.41, 5.74) is 1.98. The molecular weight excluding hydrogens is 368 g/mol. The number of aromatic nitrogens is 2. The van der Waals surface area contributed by atoms with Gasteiger partial charge in [0.1, 0.15) is 0 Å². The maximum absolute atomic E-state index is 6.23. The van der Waals surface area contributed by atoms with E-state index in [4.69, 9.17) is 21.1 Å². The smallest absolute Gasteiger partial charge is 0.223 e. The molecule has 0 amide bonds. The first-order valence-electron chi connectivity index (χ1n) is 8.24. The molecule has 0 aliphatic heterocycles. The van der Waals surface area contributed by atoms with E-state index in [9.17, 15) is 0 Å². The van der Waals surface area contributed by atoms with Crippen molar-refractivity contribution in [1.29, 1.82) is 0 Å². The number of thioether (sulfide) groups is 1. The monoisotopic (exact) mass is 386 g/mol. The normalized spacial score (nSPS) is 10.6. The number of benzene rings is 2. The molecule has 26 heavy (non-hydrogen) atoms. The summed E-state index contributed by atoms with van der Waals surface area (Å²) in [5.74, 6) is 2.48. The molecule has 6 heteroatoms. The van der Waals surface area contributed by atoms with Gasteiger partial charge in [-0.1, -0.05) is 60.6 Å². The van der Waals surface area contributed by atoms with E-state index in [0.717, 1.165) is 22.7 Å². The average Bonchev–Trinajstić information content (AvgIpc) is 2.67. The third kappa shape index (κ3) is 4.68. The fourth-order valence-corrected chi connectivity index (χ4v) is 3.48. The lowest BCUT2D eigenvalue weighted by Crippen LogP contribution is -1.98. The summed E-state index contributed by atoms with van der Waals surface area (Å²) in [5, 5.41) is 1.41. The quantitative estimate of drug-likeness (QED) is 0.380. The predicted octanol–water partition coefficient (Wildman–Crippen LogP) is 5.79. The summed E-state index contributed by atoms with van der Waals surface area (Å²) in [7, 11) is 1.62. The standard InChI is InChI=1S/C20H19ClN2O2S/c1-3-15-12-19(25-18-11-7-6-10-17(18)24-2)23-20(22-15)26-13-14-8-4-5-9-16(14)21/h4-12H,3,13H2,1-2H3. The molecule has 0 unspecified atom stereocenters. The highest BCUT2D eigenvalue weighted by molar-refractivity contribution is 7.98. The lowest BCUT2D eigenvalue weighted by molar-refractivity contribution is 0.372. The summed E-state index contributed by atoms with van der Waals surface area (Å²) in [6.07, 6.45) is 0.796. The number of hydrogen-bond acceptors (Lipinski definition) is 5. The van der Waals surface area contributed by atoms with E-state index >= 15 is 0 Å². The van der Waals surface area contributed by atoms with Crippen LogP contribution < -0.4 is 9.47 Å². The molecule has 0 saturated heterocycles. The second-order valence-electron chi connectivity index (χ2n) is 5.47. The maximum Gasteiger partial charge on any atom is 0.223 e. The zero-order chi connectivity index (χ0) is 18.4. The topological polar surface area (TPSA) is 44.2 Å². The number of nitrogens with zero attached hydrogens (tertiary/aromatic N) is 2. The second-order valence-corrected chi connectivity index (χ2v) is 6.82. The van der Waals surface area contributed by atoms with Gasteiger partial charge in [-0.15, -0.1) is 0 Å². The Balaban J connectivity index is 1.81. The molecule has 0 spiro atoms. The van der Waals surface area contributed by atoms with Crippen molar-refractivity contribution in [2.45, 2.75) is 24.3 Å². The number of halogens is 1. The zero-order valence-electron chi connectivity index (χ0n) is 14.6. The van der Waals surface area contributed by atoms with E-state index in [0.29, 0.717) is 28.3 Å². The Morgan fingerprint density at radius 3 is 2.46 bits per heavy atom. The number of para-hydroxylation sites is 2. The second kappa shape index (κ2) is 8.92. The van der Waals surface area contributed by atoms with E-state index in [-0.39, 0.29) is 0 Å². The molecule has 0 fully saturated rings. The largest absolute Gasteiger partial charge is 0.493 e. The van der Waals surface area contributed by atoms with E-state index in [1.165, 1.54) is 11.8 Å². The van der Waals surface area contributed by atoms with Crippen molar-refractivity contribution in [1.82, 2.24) is 9.97 Å². The number of aryl methyl sites for hydroxylation is 1. The van der Waals surface area contributed by atoms with Gasteiger partial charge in [0.15, 0.2) is 16.7 Å². The number of rotatable bonds is 7. The first kappa shape index (κ1) is 18.5. The van der Waals surface area contributed by atoms with Crippen LogP contribution in [0.3, 0.4) is 0 Å². The van der Waals surface area contributed by atoms with Crippen molar-refractivity contribution in [3.05, 3.63) is 70.9 Å². The van der Waals surface area contributed by atoms with Gasteiger partial charge in [-0.3, -0.25) is 0 Å². The van der Waals surface area contributed by atoms with Gasteiger partial charge in [0.25, 0.3) is 0 Å². The van der Waals surface area contributed by atoms with Gasteiger partial charge < -0.3 is 9.47 Å². The Morgan fingerprint density at radius 2 is 1.73 bits per heavy atom. The first-order valence-corrected chi connectivity index (χ1v) is 9.61. The molecule has 3 aromatic rings. The maximum atomic E-state index is 6.23. The fraction of sp³-hybridized carbons (Fsp3) is 0.200. The predicted molar refractivity (Wildman–Crippen MR) is 105 cm³/mol. The highest BCUT2D eigenvalue weighted by Crippen LogP contribution is 2.32. The Bertz CT molecular complexity index is 889. The van der Waals surface area contributed by atoms with Crippen LogP contribution in [0.5, 0.6) is 17.4 Å². The molecular formula is C20H19ClN2O2S. The van der Waals surface area contributed by atoms with E-state index in [1.807, 2.05) is 54.6 Å². The molecule has 0 radical (unpaired) electrons. The molecule has 0 bridgehead atoms. The van der Waals surface area contributed by atoms with Crippen LogP contribution in [0.1, 0.15) is 18.2 Å². The van der Waals surface area contributed by atoms with Crippen molar-refractivity contribution >= 4 is 23.4 Å². The average molecular weight is 387 g/mol. The highest BCUT2D eigenvalue weighted by Gasteiger charge is 2.10. The third-order valence-corrected chi connectivity index (χ3v) is 4.96. The minimum atomic E-state index is 0.503. The van der Waals surface area contributed by atoms with Crippen LogP contribution in [0.2, 0.25) is 5.02 Å². The molecule has 0 atom stereocenters. The molecule has 0 aliphatic carbocycles. The molecule has 134 valence electrons. The Morgan fingerprint density at radius 1 is 1.00 bits per heavy atom. The summed E-state index contributed by atoms with van der Waals surface area (Å²) >= 11 is 7.76. The van der Waals surface area contributed by atoms with Gasteiger partial charge in [-0.2, -0.15) is 4.98 Å². The van der Waals surface area contributed by atoms with Gasteiger partial charge in [0.2, 0.25) is 5.88 Å². The van der Waals surface area contributed by atoms with Gasteiger partial charge in [-0.05, 0) is 30.2 Å². The lowest BCUT2D eigenvalue weighted by Gasteiger charge is -2.11. The van der Waals surface area contributed by atoms with Crippen LogP contribution in [0.15, 0.2) is 59.8 Å². The van der Waals surface area contributed by atoms with Gasteiger partial charge >= 0.3 is 0 Å². The third-order valence-electron chi connectivity index (χ3n) is 3.70. The molecule has 1 aromatic heterocycles. The Labute approximate surface area is 162 Å². The first-order chi connectivity index (χ1) is 12.7. The van der Waals surface area contributed by atoms with Crippen molar-refractivity contribution < 1.29 is 9.47 Å². The molecule has 0 saturated carbocycles. The van der Waals surface area contributed by atoms with E-state index in [1.54, 1.807) is 7.11 Å². The van der Waals surface area contributed by atoms with Crippen LogP contribution in [0.4, 0.5) is 0 Å². The fourth-order valence-electron chi connectivity index (χ4n) is 2.32. The van der Waals surface area contributed by atoms with Crippen LogP contribution >= 0.6 is 23.4 Å². The zero-order valence-corrected chi connectivity index (χ0v) is 16.2. The van der Waals surface area contributed by atoms with Crippen LogP contribution in [0, 0.1) is 0 Å². The van der Waals surface area contributed by atoms with Gasteiger partial charge in [0, 0.05) is 22.5 Å². The summed E-state index contributed by atoms with van der Waals surface area (Å²) in [4.78, 5) is 9.11. The lowest BCUT2D eigenvalue weighted by atomic mass is 10.2. The summed E-state index contributed by atoms with van der Waals surface area (Å²) in [6.45, 7) is 2.05. The van der Waals surface area contributed by atoms with Gasteiger partial charge in [0.05, 0.1) is 7.11 Å². The number of hydrogen-bond donors (Lipinski definition) is 0. The highest BCUT2D eigenvalue weighted by atomic mass is 35.5. The van der Waals surface area contributed by atoms with Crippen LogP contribution in [-0.4, -0.2) is 17.1 Å².